The summed E-state index contributed by atoms with van der Waals surface area (Å²) < 4.78 is 37.3. The van der Waals surface area contributed by atoms with Crippen molar-refractivity contribution in [1.82, 2.24) is 35.4 Å². The van der Waals surface area contributed by atoms with Crippen molar-refractivity contribution >= 4 is 69.9 Å². The molecule has 1 saturated heterocycles. The zero-order valence-electron chi connectivity index (χ0n) is 62.8. The molecule has 2 fully saturated rings. The number of ketones is 3. The predicted molar refractivity (Wildman–Crippen MR) is 405 cm³/mol. The molecule has 1 aromatic heterocycles. The molecule has 5 aliphatic heterocycles. The second kappa shape index (κ2) is 32.7. The smallest absolute Gasteiger partial charge is 0.416 e. The maximum absolute atomic E-state index is 14.5. The van der Waals surface area contributed by atoms with Gasteiger partial charge in [0.05, 0.1) is 82.3 Å². The van der Waals surface area contributed by atoms with E-state index in [4.69, 9.17) is 28.4 Å². The van der Waals surface area contributed by atoms with Gasteiger partial charge in [0.15, 0.2) is 40.8 Å². The van der Waals surface area contributed by atoms with Crippen molar-refractivity contribution in [2.24, 2.45) is 17.3 Å². The van der Waals surface area contributed by atoms with Gasteiger partial charge in [0.25, 0.3) is 11.8 Å². The monoisotopic (exact) mass is 1480 g/mol. The predicted octanol–water partition coefficient (Wildman–Crippen LogP) is 11.4. The number of aliphatic hydroxyl groups excluding tert-OH is 1. The van der Waals surface area contributed by atoms with Crippen molar-refractivity contribution in [3.8, 4) is 51.3 Å². The molecule has 25 nitrogen and oxygen atoms in total. The molecule has 6 amide bonds. The van der Waals surface area contributed by atoms with Gasteiger partial charge in [-0.25, -0.2) is 14.4 Å². The number of hydrogen-bond donors (Lipinski definition) is 3. The minimum Gasteiger partial charge on any atom is -0.497 e. The number of aryl methyl sites for hydroxylation is 1. The number of hydrogen-bond acceptors (Lipinski definition) is 18. The second-order valence-corrected chi connectivity index (χ2v) is 29.8. The van der Waals surface area contributed by atoms with E-state index in [1.807, 2.05) is 108 Å². The molecule has 1 saturated carbocycles. The van der Waals surface area contributed by atoms with E-state index in [1.54, 1.807) is 68.0 Å². The Labute approximate surface area is 633 Å². The van der Waals surface area contributed by atoms with Crippen molar-refractivity contribution < 1.29 is 76.7 Å². The molecule has 3 N–H and O–H groups in total. The molecule has 5 atom stereocenters. The minimum absolute atomic E-state index is 0.00555. The zero-order valence-corrected chi connectivity index (χ0v) is 62.8. The number of benzene rings is 6. The lowest BCUT2D eigenvalue weighted by Crippen LogP contribution is -2.50. The Morgan fingerprint density at radius 2 is 1.37 bits per heavy atom. The largest absolute Gasteiger partial charge is 0.497 e. The summed E-state index contributed by atoms with van der Waals surface area (Å²) in [6.07, 6.45) is 3.57. The van der Waals surface area contributed by atoms with Gasteiger partial charge in [-0.15, -0.1) is 5.10 Å². The number of fused-ring (bicyclic) bond motifs is 9. The van der Waals surface area contributed by atoms with Gasteiger partial charge in [-0.2, -0.15) is 0 Å². The third-order valence-corrected chi connectivity index (χ3v) is 21.8. The van der Waals surface area contributed by atoms with Crippen molar-refractivity contribution in [3.05, 3.63) is 166 Å². The molecule has 25 heteroatoms. The number of methoxy groups -OCH3 is 3. The van der Waals surface area contributed by atoms with Crippen molar-refractivity contribution in [2.75, 3.05) is 57.4 Å². The molecule has 109 heavy (non-hydrogen) atoms. The summed E-state index contributed by atoms with van der Waals surface area (Å²) in [7, 11) is 4.61. The highest BCUT2D eigenvalue weighted by Gasteiger charge is 2.58. The van der Waals surface area contributed by atoms with Crippen LogP contribution in [0.15, 0.2) is 128 Å². The van der Waals surface area contributed by atoms with E-state index >= 15 is 0 Å². The summed E-state index contributed by atoms with van der Waals surface area (Å²) in [5.74, 6) is -1.79. The standard InChI is InChI=1S/C84H93N9O16/c1-49(2)64(39-60(95)44-85-75(97)30-26-59(94)27-31-76(98)90-45-56-14-9-10-15-62(56)77-78(93(50(3)4)88-87-77)63-16-11-12-17-67(63)90)79(99)86-51(5)70(96)36-52-18-20-53(21-19-52)47-109-83(103)92-68-42-74(72(106-8)41-66(68)81(101)91-48-84(32-33-84)43-69(91)82(92)102)108-35-13-34-107-73-38-55-22-25-58-37-57(54-23-28-61(104-6)29-24-54)46-89(58)80(100)65(55)40-71(73)105-7/h9-12,14-21,23-24,28-29,38,40-42,46,49-51,58,64,69,82,102H,13,22,25-27,30-37,39,43-45,47-48H2,1-8H3,(H,85,97)(H,86,99)/t51-,58+,64+,69-,82?/m0/s1. The average Bonchev–Trinajstić information content (AvgIpc) is 1.58. The van der Waals surface area contributed by atoms with Crippen molar-refractivity contribution in [1.29, 1.82) is 0 Å². The molecule has 1 spiro atoms. The summed E-state index contributed by atoms with van der Waals surface area (Å²) in [6, 6.07) is 35.0. The Morgan fingerprint density at radius 1 is 0.688 bits per heavy atom. The highest BCUT2D eigenvalue weighted by molar-refractivity contribution is 6.07. The number of Topliss-reactive ketones (excluding diaryl/α,β-unsaturated/α-hetero) is 3. The molecular formula is C84H93N9O16. The van der Waals surface area contributed by atoms with Crippen LogP contribution >= 0.6 is 0 Å². The molecule has 0 radical (unpaired) electrons. The number of aromatic nitrogens is 3. The summed E-state index contributed by atoms with van der Waals surface area (Å²) in [4.78, 5) is 130. The first-order valence-corrected chi connectivity index (χ1v) is 37.5. The third kappa shape index (κ3) is 16.5. The van der Waals surface area contributed by atoms with Gasteiger partial charge in [0.1, 0.15) is 23.8 Å². The number of carbonyl (C=O) groups is 9. The van der Waals surface area contributed by atoms with Crippen LogP contribution in [0.5, 0.6) is 28.7 Å². The highest BCUT2D eigenvalue weighted by Crippen LogP contribution is 2.57. The van der Waals surface area contributed by atoms with Crippen LogP contribution in [0.1, 0.15) is 160 Å². The number of carbonyl (C=O) groups excluding carboxylic acids is 9. The van der Waals surface area contributed by atoms with Crippen LogP contribution < -0.4 is 44.1 Å². The molecule has 13 rings (SSSR count). The number of rotatable bonds is 29. The van der Waals surface area contributed by atoms with E-state index in [2.05, 4.69) is 20.9 Å². The lowest BCUT2D eigenvalue weighted by atomic mass is 9.89. The number of para-hydroxylation sites is 1. The summed E-state index contributed by atoms with van der Waals surface area (Å²) in [5, 5.41) is 26.6. The number of nitrogens with one attached hydrogen (secondary N) is 2. The minimum atomic E-state index is -1.48. The number of anilines is 2. The Morgan fingerprint density at radius 3 is 2.06 bits per heavy atom. The Hall–Kier alpha value is -11.2. The first-order chi connectivity index (χ1) is 52.5. The number of aliphatic hydroxyl groups is 1. The number of ether oxygens (including phenoxy) is 6. The van der Waals surface area contributed by atoms with Gasteiger partial charge in [-0.1, -0.05) is 97.9 Å². The SMILES string of the molecule is COc1ccc(C2=CN3C(=O)c4cc(OC)c(OCCCOc5cc6c(cc5OC)C(=O)N5CC7(CC7)C[C@H]5C(O)N6C(=O)OCc5ccc(CC(=O)[C@H](C)NC(=O)[C@H](CC(=O)CNC(=O)CCC(=O)CCC(=O)N6Cc7ccccc7-c7nnn(C(C)C)c7-c7ccccc76)C(C)C)cc5)cc4CC[C@@H]3C2)cc1. The fourth-order valence-electron chi connectivity index (χ4n) is 15.4. The van der Waals surface area contributed by atoms with Gasteiger partial charge in [0.2, 0.25) is 17.7 Å². The normalized spacial score (nSPS) is 17.7. The molecular weight excluding hydrogens is 1390 g/mol. The van der Waals surface area contributed by atoms with Gasteiger partial charge in [-0.3, -0.25) is 38.4 Å². The van der Waals surface area contributed by atoms with Crippen LogP contribution in [0.25, 0.3) is 28.1 Å². The van der Waals surface area contributed by atoms with Crippen LogP contribution in [0, 0.1) is 17.3 Å². The number of amides is 6. The van der Waals surface area contributed by atoms with Crippen LogP contribution in [0.4, 0.5) is 16.2 Å². The molecule has 6 aromatic carbocycles. The maximum Gasteiger partial charge on any atom is 0.416 e. The van der Waals surface area contributed by atoms with E-state index < -0.39 is 47.9 Å². The molecule has 7 aromatic rings. The lowest BCUT2D eigenvalue weighted by Gasteiger charge is -2.31. The Bertz CT molecular complexity index is 4700. The maximum atomic E-state index is 14.5. The first-order valence-electron chi connectivity index (χ1n) is 37.5. The molecule has 1 aliphatic carbocycles. The van der Waals surface area contributed by atoms with Gasteiger partial charge in [0, 0.05) is 98.4 Å². The van der Waals surface area contributed by atoms with Crippen molar-refractivity contribution in [3.63, 3.8) is 0 Å². The van der Waals surface area contributed by atoms with E-state index in [-0.39, 0.29) is 147 Å². The lowest BCUT2D eigenvalue weighted by molar-refractivity contribution is -0.133. The molecule has 570 valence electrons. The second-order valence-electron chi connectivity index (χ2n) is 29.8. The van der Waals surface area contributed by atoms with Gasteiger partial charge >= 0.3 is 6.09 Å². The summed E-state index contributed by atoms with van der Waals surface area (Å²) in [5.41, 5.74) is 9.51. The Balaban J connectivity index is 0.569. The fraction of sp³-hybridized carbons (Fsp3) is 0.417. The van der Waals surface area contributed by atoms with Crippen LogP contribution in [0.3, 0.4) is 0 Å². The highest BCUT2D eigenvalue weighted by atomic mass is 16.6. The van der Waals surface area contributed by atoms with E-state index in [0.717, 1.165) is 81.1 Å². The van der Waals surface area contributed by atoms with Crippen LogP contribution in [-0.4, -0.2) is 155 Å². The first kappa shape index (κ1) is 76.0. The molecule has 6 heterocycles. The van der Waals surface area contributed by atoms with Gasteiger partial charge < -0.3 is 58.9 Å². The van der Waals surface area contributed by atoms with Gasteiger partial charge in [-0.05, 0) is 140 Å². The molecule has 6 aliphatic rings. The summed E-state index contributed by atoms with van der Waals surface area (Å²) >= 11 is 0. The Kier molecular flexibility index (Phi) is 22.8. The van der Waals surface area contributed by atoms with Crippen LogP contribution in [0.2, 0.25) is 0 Å². The van der Waals surface area contributed by atoms with Crippen molar-refractivity contribution in [2.45, 2.75) is 162 Å². The van der Waals surface area contributed by atoms with E-state index in [9.17, 15) is 48.3 Å². The third-order valence-electron chi connectivity index (χ3n) is 21.8. The molecule has 0 bridgehead atoms. The quantitative estimate of drug-likeness (QED) is 0.0367. The summed E-state index contributed by atoms with van der Waals surface area (Å²) in [6.45, 7) is 9.55. The van der Waals surface area contributed by atoms with Crippen LogP contribution in [-0.2, 0) is 59.5 Å². The van der Waals surface area contributed by atoms with E-state index in [1.165, 1.54) is 26.4 Å². The number of nitrogens with zero attached hydrogens (tertiary/aromatic N) is 7. The zero-order chi connectivity index (χ0) is 76.9. The molecule has 1 unspecified atom stereocenters. The fourth-order valence-corrected chi connectivity index (χ4v) is 15.4. The average molecular weight is 1480 g/mol. The van der Waals surface area contributed by atoms with E-state index in [0.29, 0.717) is 59.7 Å². The topological polar surface area (TPSA) is 297 Å².